The molecule has 2 rings (SSSR count). The van der Waals surface area contributed by atoms with Gasteiger partial charge in [0.25, 0.3) is 0 Å². The summed E-state index contributed by atoms with van der Waals surface area (Å²) in [5.74, 6) is 0. The molecule has 1 heterocycles. The molecule has 0 spiro atoms. The molecule has 0 fully saturated rings. The van der Waals surface area contributed by atoms with Crippen LogP contribution in [0.25, 0.3) is 10.9 Å². The molecule has 0 aliphatic carbocycles. The molecule has 0 amide bonds. The third-order valence-electron chi connectivity index (χ3n) is 1.94. The van der Waals surface area contributed by atoms with Crippen LogP contribution in [0.15, 0.2) is 29.1 Å². The molecule has 0 radical (unpaired) electrons. The lowest BCUT2D eigenvalue weighted by Crippen LogP contribution is -2.04. The number of hydrogen-bond acceptors (Lipinski definition) is 2. The van der Waals surface area contributed by atoms with Crippen LogP contribution in [0.3, 0.4) is 0 Å². The van der Waals surface area contributed by atoms with Crippen LogP contribution < -0.4 is 5.43 Å². The van der Waals surface area contributed by atoms with Gasteiger partial charge in [-0.1, -0.05) is 11.6 Å². The molecule has 0 bridgehead atoms. The predicted octanol–water partition coefficient (Wildman–Crippen LogP) is 1.99. The van der Waals surface area contributed by atoms with Crippen molar-refractivity contribution in [2.24, 2.45) is 0 Å². The third kappa shape index (κ3) is 1.42. The minimum Gasteiger partial charge on any atom is -0.352 e. The number of H-pyrrole nitrogens is 1. The molecular formula is C10H6ClNO2. The minimum absolute atomic E-state index is 0.183. The summed E-state index contributed by atoms with van der Waals surface area (Å²) >= 11 is 5.76. The summed E-state index contributed by atoms with van der Waals surface area (Å²) < 4.78 is 0. The lowest BCUT2D eigenvalue weighted by atomic mass is 10.2. The van der Waals surface area contributed by atoms with Crippen molar-refractivity contribution in [1.29, 1.82) is 0 Å². The molecule has 0 unspecified atom stereocenters. The van der Waals surface area contributed by atoms with E-state index >= 15 is 0 Å². The lowest BCUT2D eigenvalue weighted by molar-refractivity contribution is 0.111. The van der Waals surface area contributed by atoms with Gasteiger partial charge in [0.05, 0.1) is 11.2 Å². The SMILES string of the molecule is O=Cc1cc(=O)c2ccc(Cl)cc2[nH]1. The van der Waals surface area contributed by atoms with Crippen molar-refractivity contribution >= 4 is 28.8 Å². The Morgan fingerprint density at radius 1 is 1.29 bits per heavy atom. The van der Waals surface area contributed by atoms with Crippen molar-refractivity contribution < 1.29 is 4.79 Å². The monoisotopic (exact) mass is 207 g/mol. The molecule has 0 aliphatic heterocycles. The van der Waals surface area contributed by atoms with E-state index in [2.05, 4.69) is 4.98 Å². The number of aldehydes is 1. The molecule has 0 aliphatic rings. The summed E-state index contributed by atoms with van der Waals surface area (Å²) in [6, 6.07) is 6.15. The van der Waals surface area contributed by atoms with E-state index in [0.717, 1.165) is 0 Å². The van der Waals surface area contributed by atoms with Gasteiger partial charge in [0, 0.05) is 16.5 Å². The number of aromatic nitrogens is 1. The molecule has 1 N–H and O–H groups in total. The third-order valence-corrected chi connectivity index (χ3v) is 2.17. The second-order valence-electron chi connectivity index (χ2n) is 2.90. The average molecular weight is 208 g/mol. The molecule has 2 aromatic rings. The first-order valence-corrected chi connectivity index (χ1v) is 4.36. The maximum Gasteiger partial charge on any atom is 0.190 e. The smallest absolute Gasteiger partial charge is 0.190 e. The Bertz CT molecular complexity index is 560. The largest absolute Gasteiger partial charge is 0.352 e. The Labute approximate surface area is 84.3 Å². The van der Waals surface area contributed by atoms with Crippen LogP contribution in [-0.4, -0.2) is 11.3 Å². The Morgan fingerprint density at radius 2 is 2.07 bits per heavy atom. The zero-order valence-electron chi connectivity index (χ0n) is 7.08. The van der Waals surface area contributed by atoms with Crippen LogP contribution in [0, 0.1) is 0 Å². The van der Waals surface area contributed by atoms with Crippen molar-refractivity contribution in [3.05, 3.63) is 45.2 Å². The summed E-state index contributed by atoms with van der Waals surface area (Å²) in [4.78, 5) is 24.7. The fourth-order valence-corrected chi connectivity index (χ4v) is 1.48. The van der Waals surface area contributed by atoms with Crippen LogP contribution in [0.5, 0.6) is 0 Å². The van der Waals surface area contributed by atoms with E-state index in [0.29, 0.717) is 22.2 Å². The highest BCUT2D eigenvalue weighted by atomic mass is 35.5. The van der Waals surface area contributed by atoms with Gasteiger partial charge in [-0.25, -0.2) is 0 Å². The number of halogens is 1. The number of hydrogen-bond donors (Lipinski definition) is 1. The second kappa shape index (κ2) is 3.27. The lowest BCUT2D eigenvalue weighted by Gasteiger charge is -1.98. The van der Waals surface area contributed by atoms with Crippen molar-refractivity contribution in [1.82, 2.24) is 4.98 Å². The summed E-state index contributed by atoms with van der Waals surface area (Å²) in [5, 5.41) is 1.05. The highest BCUT2D eigenvalue weighted by Crippen LogP contribution is 2.14. The number of aromatic amines is 1. The van der Waals surface area contributed by atoms with Crippen LogP contribution in [0.4, 0.5) is 0 Å². The summed E-state index contributed by atoms with van der Waals surface area (Å²) in [6.07, 6.45) is 0.599. The summed E-state index contributed by atoms with van der Waals surface area (Å²) in [5.41, 5.74) is 0.648. The fourth-order valence-electron chi connectivity index (χ4n) is 1.31. The Hall–Kier alpha value is -1.61. The first-order chi connectivity index (χ1) is 6.70. The molecule has 14 heavy (non-hydrogen) atoms. The number of rotatable bonds is 1. The van der Waals surface area contributed by atoms with Gasteiger partial charge < -0.3 is 4.98 Å². The van der Waals surface area contributed by atoms with E-state index in [1.807, 2.05) is 0 Å². The van der Waals surface area contributed by atoms with Gasteiger partial charge in [-0.3, -0.25) is 9.59 Å². The molecule has 1 aromatic carbocycles. The van der Waals surface area contributed by atoms with Crippen LogP contribution in [0.1, 0.15) is 10.5 Å². The van der Waals surface area contributed by atoms with E-state index in [1.165, 1.54) is 6.07 Å². The first kappa shape index (κ1) is 8.97. The normalized spacial score (nSPS) is 10.4. The molecule has 0 atom stereocenters. The average Bonchev–Trinajstić information content (AvgIpc) is 2.16. The van der Waals surface area contributed by atoms with E-state index in [9.17, 15) is 9.59 Å². The van der Waals surface area contributed by atoms with Crippen molar-refractivity contribution in [2.45, 2.75) is 0 Å². The Kier molecular flexibility index (Phi) is 2.09. The molecular weight excluding hydrogens is 202 g/mol. The molecule has 0 saturated carbocycles. The first-order valence-electron chi connectivity index (χ1n) is 3.98. The van der Waals surface area contributed by atoms with Crippen molar-refractivity contribution in [3.63, 3.8) is 0 Å². The van der Waals surface area contributed by atoms with Crippen LogP contribution in [0.2, 0.25) is 5.02 Å². The van der Waals surface area contributed by atoms with Crippen molar-refractivity contribution in [2.75, 3.05) is 0 Å². The molecule has 0 saturated heterocycles. The highest BCUT2D eigenvalue weighted by Gasteiger charge is 2.01. The molecule has 4 heteroatoms. The Balaban J connectivity index is 2.90. The van der Waals surface area contributed by atoms with Gasteiger partial charge in [0.15, 0.2) is 11.7 Å². The topological polar surface area (TPSA) is 49.9 Å². The van der Waals surface area contributed by atoms with Crippen LogP contribution >= 0.6 is 11.6 Å². The Morgan fingerprint density at radius 3 is 2.79 bits per heavy atom. The number of carbonyl (C=O) groups excluding carboxylic acids is 1. The summed E-state index contributed by atoms with van der Waals surface area (Å²) in [7, 11) is 0. The number of nitrogens with one attached hydrogen (secondary N) is 1. The van der Waals surface area contributed by atoms with E-state index in [1.54, 1.807) is 18.2 Å². The second-order valence-corrected chi connectivity index (χ2v) is 3.33. The number of benzene rings is 1. The van der Waals surface area contributed by atoms with E-state index < -0.39 is 0 Å². The maximum absolute atomic E-state index is 11.4. The van der Waals surface area contributed by atoms with E-state index in [-0.39, 0.29) is 11.1 Å². The predicted molar refractivity (Wildman–Crippen MR) is 55.0 cm³/mol. The minimum atomic E-state index is -0.183. The number of carbonyl (C=O) groups is 1. The zero-order valence-corrected chi connectivity index (χ0v) is 7.84. The number of pyridine rings is 1. The fraction of sp³-hybridized carbons (Fsp3) is 0. The standard InChI is InChI=1S/C10H6ClNO2/c11-6-1-2-8-9(3-6)12-7(5-13)4-10(8)14/h1-5H,(H,12,14). The van der Waals surface area contributed by atoms with Gasteiger partial charge in [-0.05, 0) is 18.2 Å². The van der Waals surface area contributed by atoms with Crippen molar-refractivity contribution in [3.8, 4) is 0 Å². The molecule has 3 nitrogen and oxygen atoms in total. The zero-order chi connectivity index (χ0) is 10.1. The van der Waals surface area contributed by atoms with Gasteiger partial charge in [0.2, 0.25) is 0 Å². The maximum atomic E-state index is 11.4. The number of fused-ring (bicyclic) bond motifs is 1. The quantitative estimate of drug-likeness (QED) is 0.727. The van der Waals surface area contributed by atoms with Crippen LogP contribution in [-0.2, 0) is 0 Å². The highest BCUT2D eigenvalue weighted by molar-refractivity contribution is 6.31. The van der Waals surface area contributed by atoms with E-state index in [4.69, 9.17) is 11.6 Å². The molecule has 1 aromatic heterocycles. The van der Waals surface area contributed by atoms with Gasteiger partial charge in [-0.2, -0.15) is 0 Å². The molecule has 70 valence electrons. The van der Waals surface area contributed by atoms with Gasteiger partial charge in [-0.15, -0.1) is 0 Å². The van der Waals surface area contributed by atoms with Gasteiger partial charge in [0.1, 0.15) is 0 Å². The summed E-state index contributed by atoms with van der Waals surface area (Å²) in [6.45, 7) is 0. The van der Waals surface area contributed by atoms with Gasteiger partial charge >= 0.3 is 0 Å².